The normalized spacial score (nSPS) is 13.6. The van der Waals surface area contributed by atoms with E-state index < -0.39 is 26.5 Å². The zero-order chi connectivity index (χ0) is 16.2. The van der Waals surface area contributed by atoms with E-state index in [1.165, 1.54) is 38.5 Å². The second kappa shape index (κ2) is 12.0. The number of hydrogen-bond donors (Lipinski definition) is 0. The maximum atomic E-state index is 2.77. The van der Waals surface area contributed by atoms with Crippen LogP contribution in [0.15, 0.2) is 21.9 Å². The average molecular weight is 415 g/mol. The van der Waals surface area contributed by atoms with E-state index in [9.17, 15) is 0 Å². The van der Waals surface area contributed by atoms with Gasteiger partial charge >= 0.3 is 141 Å². The first kappa shape index (κ1) is 21.5. The van der Waals surface area contributed by atoms with Gasteiger partial charge in [-0.1, -0.05) is 0 Å². The Morgan fingerprint density at radius 1 is 0.714 bits per heavy atom. The number of unbranched alkanes of at least 4 members (excludes halogenated alkanes) is 3. The minimum atomic E-state index is -2.01. The summed E-state index contributed by atoms with van der Waals surface area (Å²) in [5.74, 6) is 0. The average Bonchev–Trinajstić information content (AvgIpc) is 2.43. The Bertz CT molecular complexity index is 277. The molecule has 0 radical (unpaired) electrons. The van der Waals surface area contributed by atoms with Crippen LogP contribution < -0.4 is 0 Å². The van der Waals surface area contributed by atoms with Crippen molar-refractivity contribution in [3.63, 3.8) is 0 Å². The minimum absolute atomic E-state index is 1.04. The van der Waals surface area contributed by atoms with Gasteiger partial charge in [-0.3, -0.25) is 0 Å². The monoisotopic (exact) mass is 416 g/mol. The van der Waals surface area contributed by atoms with Crippen molar-refractivity contribution in [2.24, 2.45) is 0 Å². The number of rotatable bonds is 12. The zero-order valence-electron chi connectivity index (χ0n) is 15.7. The molecular formula is C19H40SiSn. The second-order valence-electron chi connectivity index (χ2n) is 7.76. The van der Waals surface area contributed by atoms with Crippen LogP contribution in [0.1, 0.15) is 59.3 Å². The molecule has 0 rings (SSSR count). The van der Waals surface area contributed by atoms with Gasteiger partial charge in [0.15, 0.2) is 0 Å². The quantitative estimate of drug-likeness (QED) is 0.231. The van der Waals surface area contributed by atoms with Gasteiger partial charge in [0.25, 0.3) is 0 Å². The number of hydrogen-bond acceptors (Lipinski definition) is 0. The van der Waals surface area contributed by atoms with Crippen LogP contribution in [-0.4, -0.2) is 26.5 Å². The van der Waals surface area contributed by atoms with Crippen LogP contribution in [0, 0.1) is 0 Å². The fourth-order valence-electron chi connectivity index (χ4n) is 2.82. The standard InChI is InChI=1S/C7H13Si.3C4H9.Sn/c1-5-6-7-8(2,3)4;3*1-3-4-2;/h1,5-7H,2-4H3;3*1,3-4H2,2H3;/b5-1?,7-6+;;;;. The van der Waals surface area contributed by atoms with Gasteiger partial charge in [0.1, 0.15) is 0 Å². The molecule has 0 spiro atoms. The predicted octanol–water partition coefficient (Wildman–Crippen LogP) is 7.36. The van der Waals surface area contributed by atoms with E-state index in [0.717, 1.165) is 0 Å². The maximum absolute atomic E-state index is 2.77. The molecule has 0 aliphatic rings. The molecule has 124 valence electrons. The molecule has 0 amide bonds. The van der Waals surface area contributed by atoms with Crippen molar-refractivity contribution in [2.45, 2.75) is 92.2 Å². The van der Waals surface area contributed by atoms with Crippen LogP contribution in [0.3, 0.4) is 0 Å². The van der Waals surface area contributed by atoms with Crippen LogP contribution in [0.5, 0.6) is 0 Å². The first-order valence-electron chi connectivity index (χ1n) is 9.26. The fourth-order valence-corrected chi connectivity index (χ4v) is 17.6. The Balaban J connectivity index is 4.93. The molecule has 0 aromatic rings. The Morgan fingerprint density at radius 2 is 1.14 bits per heavy atom. The molecule has 0 aliphatic heterocycles. The second-order valence-corrected chi connectivity index (χ2v) is 25.8. The van der Waals surface area contributed by atoms with Crippen molar-refractivity contribution in [2.75, 3.05) is 0 Å². The Kier molecular flexibility index (Phi) is 12.3. The van der Waals surface area contributed by atoms with Gasteiger partial charge in [0.2, 0.25) is 0 Å². The van der Waals surface area contributed by atoms with Crippen molar-refractivity contribution >= 4 is 26.5 Å². The first-order chi connectivity index (χ1) is 9.89. The van der Waals surface area contributed by atoms with Crippen molar-refractivity contribution in [3.8, 4) is 0 Å². The topological polar surface area (TPSA) is 0 Å². The molecule has 0 atom stereocenters. The molecule has 0 nitrogen and oxygen atoms in total. The SMILES string of the molecule is CCC[CH2][Sn](/[CH]=C/C=C/[Si](C)(C)C)([CH2]CCC)[CH2]CCC. The third-order valence-corrected chi connectivity index (χ3v) is 19.6. The van der Waals surface area contributed by atoms with E-state index in [-0.39, 0.29) is 0 Å². The molecule has 0 fully saturated rings. The van der Waals surface area contributed by atoms with E-state index in [1.807, 2.05) is 0 Å². The predicted molar refractivity (Wildman–Crippen MR) is 107 cm³/mol. The third kappa shape index (κ3) is 11.7. The van der Waals surface area contributed by atoms with Crippen LogP contribution in [0.25, 0.3) is 0 Å². The van der Waals surface area contributed by atoms with E-state index in [1.54, 1.807) is 13.3 Å². The summed E-state index contributed by atoms with van der Waals surface area (Å²) in [4.78, 5) is 0. The van der Waals surface area contributed by atoms with Gasteiger partial charge in [-0.15, -0.1) is 0 Å². The van der Waals surface area contributed by atoms with E-state index >= 15 is 0 Å². The van der Waals surface area contributed by atoms with Crippen molar-refractivity contribution in [1.82, 2.24) is 0 Å². The summed E-state index contributed by atoms with van der Waals surface area (Å²) < 4.78 is 7.53. The van der Waals surface area contributed by atoms with Gasteiger partial charge in [0, 0.05) is 0 Å². The van der Waals surface area contributed by atoms with Crippen LogP contribution in [-0.2, 0) is 0 Å². The Labute approximate surface area is 140 Å². The summed E-state index contributed by atoms with van der Waals surface area (Å²) in [6.45, 7) is 14.3. The molecule has 0 saturated heterocycles. The molecule has 0 aliphatic carbocycles. The molecular weight excluding hydrogens is 375 g/mol. The molecule has 0 aromatic heterocycles. The third-order valence-electron chi connectivity index (χ3n) is 4.24. The molecule has 0 N–H and O–H groups in total. The molecule has 0 saturated carbocycles. The Hall–Kier alpha value is 0.496. The summed E-state index contributed by atoms with van der Waals surface area (Å²) in [6.07, 6.45) is 13.3. The summed E-state index contributed by atoms with van der Waals surface area (Å²) >= 11 is -2.01. The van der Waals surface area contributed by atoms with Gasteiger partial charge in [0.05, 0.1) is 0 Å². The van der Waals surface area contributed by atoms with E-state index in [4.69, 9.17) is 0 Å². The van der Waals surface area contributed by atoms with E-state index in [2.05, 4.69) is 62.4 Å². The summed E-state index contributed by atoms with van der Waals surface area (Å²) in [5.41, 5.74) is 2.49. The van der Waals surface area contributed by atoms with Gasteiger partial charge in [-0.05, 0) is 0 Å². The van der Waals surface area contributed by atoms with Crippen molar-refractivity contribution in [1.29, 1.82) is 0 Å². The van der Waals surface area contributed by atoms with Gasteiger partial charge in [-0.2, -0.15) is 0 Å². The van der Waals surface area contributed by atoms with Crippen LogP contribution in [0.2, 0.25) is 33.0 Å². The number of allylic oxidation sites excluding steroid dienone is 2. The molecule has 0 bridgehead atoms. The summed E-state index contributed by atoms with van der Waals surface area (Å²) in [6, 6.07) is 0. The Morgan fingerprint density at radius 3 is 1.48 bits per heavy atom. The summed E-state index contributed by atoms with van der Waals surface area (Å²) in [5, 5.41) is 0. The summed E-state index contributed by atoms with van der Waals surface area (Å²) in [7, 11) is -1.04. The first-order valence-corrected chi connectivity index (χ1v) is 20.5. The molecule has 2 heteroatoms. The van der Waals surface area contributed by atoms with Crippen molar-refractivity contribution < 1.29 is 0 Å². The zero-order valence-corrected chi connectivity index (χ0v) is 19.5. The fraction of sp³-hybridized carbons (Fsp3) is 0.789. The van der Waals surface area contributed by atoms with Gasteiger partial charge < -0.3 is 0 Å². The van der Waals surface area contributed by atoms with Gasteiger partial charge in [-0.25, -0.2) is 0 Å². The van der Waals surface area contributed by atoms with Crippen LogP contribution in [0.4, 0.5) is 0 Å². The van der Waals surface area contributed by atoms with Crippen LogP contribution >= 0.6 is 0 Å². The molecule has 0 heterocycles. The molecule has 0 aromatic carbocycles. The van der Waals surface area contributed by atoms with Crippen molar-refractivity contribution in [3.05, 3.63) is 21.9 Å². The molecule has 0 unspecified atom stereocenters. The molecule has 21 heavy (non-hydrogen) atoms. The van der Waals surface area contributed by atoms with E-state index in [0.29, 0.717) is 0 Å².